The highest BCUT2D eigenvalue weighted by Crippen LogP contribution is 2.26. The fourth-order valence-electron chi connectivity index (χ4n) is 3.64. The maximum absolute atomic E-state index is 12.6. The van der Waals surface area contributed by atoms with Gasteiger partial charge in [-0.15, -0.1) is 0 Å². The first kappa shape index (κ1) is 17.1. The number of hydrogen-bond donors (Lipinski definition) is 1. The number of rotatable bonds is 4. The quantitative estimate of drug-likeness (QED) is 0.873. The average Bonchev–Trinajstić information content (AvgIpc) is 2.62. The van der Waals surface area contributed by atoms with Crippen LogP contribution in [-0.2, 0) is 9.53 Å². The van der Waals surface area contributed by atoms with Crippen LogP contribution in [0.3, 0.4) is 0 Å². The number of likely N-dealkylation sites (N-methyl/N-ethyl adjacent to an activating group) is 1. The van der Waals surface area contributed by atoms with Gasteiger partial charge in [0.25, 0.3) is 0 Å². The number of nitrogens with zero attached hydrogens (tertiary/aromatic N) is 4. The smallest absolute Gasteiger partial charge is 0.225 e. The second-order valence-electron chi connectivity index (χ2n) is 6.88. The molecule has 3 heterocycles. The molecule has 1 atom stereocenters. The minimum atomic E-state index is -0.924. The number of ether oxygens (including phenoxy) is 1. The Labute approximate surface area is 142 Å². The zero-order valence-corrected chi connectivity index (χ0v) is 14.2. The Morgan fingerprint density at radius 1 is 1.42 bits per heavy atom. The molecule has 1 amide bonds. The normalized spacial score (nSPS) is 25.5. The molecule has 0 bridgehead atoms. The monoisotopic (exact) mass is 334 g/mol. The maximum atomic E-state index is 12.6. The number of aliphatic hydroxyl groups is 1. The Balaban J connectivity index is 1.61. The second-order valence-corrected chi connectivity index (χ2v) is 6.88. The molecule has 3 rings (SSSR count). The topological polar surface area (TPSA) is 78.8 Å². The van der Waals surface area contributed by atoms with Crippen LogP contribution in [0.25, 0.3) is 0 Å². The zero-order chi connectivity index (χ0) is 17.0. The summed E-state index contributed by atoms with van der Waals surface area (Å²) in [4.78, 5) is 24.8. The number of hydrogen-bond acceptors (Lipinski definition) is 6. The van der Waals surface area contributed by atoms with Crippen molar-refractivity contribution in [1.82, 2.24) is 14.9 Å². The molecule has 0 aromatic carbocycles. The van der Waals surface area contributed by atoms with Crippen LogP contribution in [0.5, 0.6) is 0 Å². The minimum absolute atomic E-state index is 0.0181. The lowest BCUT2D eigenvalue weighted by atomic mass is 9.91. The fourth-order valence-corrected chi connectivity index (χ4v) is 3.64. The Hall–Kier alpha value is -1.73. The van der Waals surface area contributed by atoms with Crippen LogP contribution >= 0.6 is 0 Å². The highest BCUT2D eigenvalue weighted by molar-refractivity contribution is 5.78. The van der Waals surface area contributed by atoms with E-state index in [9.17, 15) is 9.90 Å². The molecule has 0 aliphatic carbocycles. The average molecular weight is 334 g/mol. The Morgan fingerprint density at radius 3 is 2.83 bits per heavy atom. The predicted molar refractivity (Wildman–Crippen MR) is 89.6 cm³/mol. The van der Waals surface area contributed by atoms with E-state index in [1.165, 1.54) is 0 Å². The van der Waals surface area contributed by atoms with Crippen molar-refractivity contribution >= 4 is 11.9 Å². The Kier molecular flexibility index (Phi) is 5.30. The Morgan fingerprint density at radius 2 is 2.12 bits per heavy atom. The van der Waals surface area contributed by atoms with Gasteiger partial charge in [-0.25, -0.2) is 9.97 Å². The molecule has 0 unspecified atom stereocenters. The second kappa shape index (κ2) is 7.44. The van der Waals surface area contributed by atoms with Crippen molar-refractivity contribution < 1.29 is 14.6 Å². The predicted octanol–water partition coefficient (Wildman–Crippen LogP) is 0.693. The summed E-state index contributed by atoms with van der Waals surface area (Å²) in [6, 6.07) is 1.78. The van der Waals surface area contributed by atoms with E-state index in [2.05, 4.69) is 9.97 Å². The Bertz CT molecular complexity index is 550. The third kappa shape index (κ3) is 4.02. The summed E-state index contributed by atoms with van der Waals surface area (Å²) in [5.41, 5.74) is -0.924. The SMILES string of the molecule is CN(C[C@@]1(O)CCCN(c2ncccn2)C1)C(=O)C1CCOCC1. The molecule has 1 N–H and O–H groups in total. The highest BCUT2D eigenvalue weighted by Gasteiger charge is 2.37. The van der Waals surface area contributed by atoms with Gasteiger partial charge in [-0.1, -0.05) is 0 Å². The van der Waals surface area contributed by atoms with E-state index in [-0.39, 0.29) is 11.8 Å². The first-order chi connectivity index (χ1) is 11.6. The van der Waals surface area contributed by atoms with Gasteiger partial charge in [-0.05, 0) is 31.7 Å². The van der Waals surface area contributed by atoms with E-state index in [1.54, 1.807) is 30.4 Å². The van der Waals surface area contributed by atoms with Crippen molar-refractivity contribution in [2.75, 3.05) is 44.8 Å². The number of aromatic nitrogens is 2. The molecule has 7 nitrogen and oxygen atoms in total. The molecule has 1 aromatic heterocycles. The molecule has 2 aliphatic heterocycles. The number of carbonyl (C=O) groups excluding carboxylic acids is 1. The van der Waals surface area contributed by atoms with Gasteiger partial charge in [-0.3, -0.25) is 4.79 Å². The fraction of sp³-hybridized carbons (Fsp3) is 0.706. The summed E-state index contributed by atoms with van der Waals surface area (Å²) in [6.45, 7) is 2.90. The van der Waals surface area contributed by atoms with Gasteiger partial charge in [0.05, 0.1) is 18.7 Å². The van der Waals surface area contributed by atoms with E-state index in [4.69, 9.17) is 4.74 Å². The van der Waals surface area contributed by atoms with Crippen LogP contribution in [-0.4, -0.2) is 71.4 Å². The van der Waals surface area contributed by atoms with E-state index >= 15 is 0 Å². The molecular formula is C17H26N4O3. The molecule has 0 saturated carbocycles. The summed E-state index contributed by atoms with van der Waals surface area (Å²) < 4.78 is 5.32. The van der Waals surface area contributed by atoms with E-state index in [0.717, 1.165) is 25.8 Å². The van der Waals surface area contributed by atoms with Crippen molar-refractivity contribution in [3.8, 4) is 0 Å². The molecule has 0 radical (unpaired) electrons. The van der Waals surface area contributed by atoms with Crippen LogP contribution in [0.4, 0.5) is 5.95 Å². The molecule has 2 fully saturated rings. The van der Waals surface area contributed by atoms with Gasteiger partial charge in [0.15, 0.2) is 0 Å². The van der Waals surface area contributed by atoms with E-state index < -0.39 is 5.60 Å². The summed E-state index contributed by atoms with van der Waals surface area (Å²) in [7, 11) is 1.79. The number of carbonyl (C=O) groups is 1. The van der Waals surface area contributed by atoms with Gasteiger partial charge < -0.3 is 19.6 Å². The van der Waals surface area contributed by atoms with Gasteiger partial charge in [0.1, 0.15) is 0 Å². The molecule has 24 heavy (non-hydrogen) atoms. The van der Waals surface area contributed by atoms with Crippen LogP contribution in [0.1, 0.15) is 25.7 Å². The highest BCUT2D eigenvalue weighted by atomic mass is 16.5. The third-order valence-electron chi connectivity index (χ3n) is 4.87. The number of piperidine rings is 1. The van der Waals surface area contributed by atoms with Gasteiger partial charge in [0, 0.05) is 45.1 Å². The molecule has 0 spiro atoms. The third-order valence-corrected chi connectivity index (χ3v) is 4.87. The summed E-state index contributed by atoms with van der Waals surface area (Å²) >= 11 is 0. The first-order valence-electron chi connectivity index (χ1n) is 8.64. The number of amides is 1. The van der Waals surface area contributed by atoms with Crippen molar-refractivity contribution in [2.45, 2.75) is 31.3 Å². The minimum Gasteiger partial charge on any atom is -0.386 e. The standard InChI is InChI=1S/C17H26N4O3/c1-20(15(22)14-4-10-24-11-5-14)12-17(23)6-2-9-21(13-17)16-18-7-3-8-19-16/h3,7-8,14,23H,2,4-6,9-13H2,1H3/t17-/m0/s1. The zero-order valence-electron chi connectivity index (χ0n) is 14.2. The molecule has 7 heteroatoms. The molecule has 2 aliphatic rings. The maximum Gasteiger partial charge on any atom is 0.225 e. The number of β-amino-alcohol motifs (C(OH)–C–C–N with tert-alkyl or cyclic N) is 1. The molecule has 1 aromatic rings. The number of anilines is 1. The molecule has 132 valence electrons. The molecule has 2 saturated heterocycles. The van der Waals surface area contributed by atoms with Crippen LogP contribution in [0, 0.1) is 5.92 Å². The van der Waals surface area contributed by atoms with Crippen molar-refractivity contribution in [1.29, 1.82) is 0 Å². The molecular weight excluding hydrogens is 308 g/mol. The van der Waals surface area contributed by atoms with Crippen LogP contribution in [0.2, 0.25) is 0 Å². The van der Waals surface area contributed by atoms with Crippen LogP contribution in [0.15, 0.2) is 18.5 Å². The summed E-state index contributed by atoms with van der Waals surface area (Å²) in [5.74, 6) is 0.762. The lowest BCUT2D eigenvalue weighted by Gasteiger charge is -2.41. The van der Waals surface area contributed by atoms with Crippen molar-refractivity contribution in [3.05, 3.63) is 18.5 Å². The largest absolute Gasteiger partial charge is 0.386 e. The lowest BCUT2D eigenvalue weighted by molar-refractivity contribution is -0.140. The van der Waals surface area contributed by atoms with Crippen molar-refractivity contribution in [3.63, 3.8) is 0 Å². The lowest BCUT2D eigenvalue weighted by Crippen LogP contribution is -2.55. The van der Waals surface area contributed by atoms with Gasteiger partial charge in [-0.2, -0.15) is 0 Å². The van der Waals surface area contributed by atoms with Gasteiger partial charge >= 0.3 is 0 Å². The van der Waals surface area contributed by atoms with E-state index in [1.807, 2.05) is 4.90 Å². The van der Waals surface area contributed by atoms with E-state index in [0.29, 0.717) is 38.7 Å². The summed E-state index contributed by atoms with van der Waals surface area (Å²) in [5, 5.41) is 11.0. The first-order valence-corrected chi connectivity index (χ1v) is 8.64. The summed E-state index contributed by atoms with van der Waals surface area (Å²) in [6.07, 6.45) is 6.49. The van der Waals surface area contributed by atoms with Crippen molar-refractivity contribution in [2.24, 2.45) is 5.92 Å². The van der Waals surface area contributed by atoms with Gasteiger partial charge in [0.2, 0.25) is 11.9 Å². The van der Waals surface area contributed by atoms with Crippen LogP contribution < -0.4 is 4.90 Å².